The third kappa shape index (κ3) is 3.54. The van der Waals surface area contributed by atoms with Crippen molar-refractivity contribution in [3.8, 4) is 0 Å². The minimum atomic E-state index is 0.0639. The van der Waals surface area contributed by atoms with Gasteiger partial charge in [-0.1, -0.05) is 0 Å². The van der Waals surface area contributed by atoms with Crippen LogP contribution in [-0.2, 0) is 11.3 Å². The normalized spacial score (nSPS) is 22.2. The SMILES string of the molecule is Cc1cnc(NCC[C@@H]2CCOC23CN(Cc2scnc2C)C3)nc1. The van der Waals surface area contributed by atoms with E-state index in [0.717, 1.165) is 62.8 Å². The van der Waals surface area contributed by atoms with E-state index in [4.69, 9.17) is 4.74 Å². The van der Waals surface area contributed by atoms with E-state index in [0.29, 0.717) is 5.92 Å². The monoisotopic (exact) mass is 359 g/mol. The lowest BCUT2D eigenvalue weighted by Crippen LogP contribution is -2.64. The van der Waals surface area contributed by atoms with E-state index in [-0.39, 0.29) is 5.60 Å². The van der Waals surface area contributed by atoms with Crippen LogP contribution in [0.15, 0.2) is 17.9 Å². The smallest absolute Gasteiger partial charge is 0.222 e. The topological polar surface area (TPSA) is 63.2 Å². The van der Waals surface area contributed by atoms with Gasteiger partial charge in [-0.05, 0) is 38.2 Å². The molecule has 2 aliphatic rings. The van der Waals surface area contributed by atoms with Gasteiger partial charge in [0.1, 0.15) is 0 Å². The molecule has 2 aromatic heterocycles. The second-order valence-corrected chi connectivity index (χ2v) is 8.14. The van der Waals surface area contributed by atoms with Crippen molar-refractivity contribution in [3.63, 3.8) is 0 Å². The van der Waals surface area contributed by atoms with Crippen molar-refractivity contribution in [2.75, 3.05) is 31.6 Å². The van der Waals surface area contributed by atoms with Gasteiger partial charge in [0, 0.05) is 50.1 Å². The number of anilines is 1. The van der Waals surface area contributed by atoms with Gasteiger partial charge in [-0.2, -0.15) is 0 Å². The molecule has 0 aromatic carbocycles. The van der Waals surface area contributed by atoms with Crippen LogP contribution in [0.2, 0.25) is 0 Å². The van der Waals surface area contributed by atoms with Crippen LogP contribution in [0.25, 0.3) is 0 Å². The summed E-state index contributed by atoms with van der Waals surface area (Å²) in [5.41, 5.74) is 4.25. The standard InChI is InChI=1S/C18H25N5OS/c1-13-7-20-17(21-8-13)19-5-3-15-4-6-24-18(15)10-23(11-18)9-16-14(2)22-12-25-16/h7-8,12,15H,3-6,9-11H2,1-2H3,(H,19,20,21)/t15-/m1/s1. The Bertz CT molecular complexity index is 711. The summed E-state index contributed by atoms with van der Waals surface area (Å²) in [5.74, 6) is 1.33. The van der Waals surface area contributed by atoms with Crippen molar-refractivity contribution >= 4 is 17.3 Å². The lowest BCUT2D eigenvalue weighted by Gasteiger charge is -2.50. The van der Waals surface area contributed by atoms with Crippen molar-refractivity contribution in [3.05, 3.63) is 34.0 Å². The van der Waals surface area contributed by atoms with E-state index in [2.05, 4.69) is 32.1 Å². The first-order chi connectivity index (χ1) is 12.1. The van der Waals surface area contributed by atoms with Crippen LogP contribution in [0.4, 0.5) is 5.95 Å². The maximum atomic E-state index is 6.17. The molecule has 25 heavy (non-hydrogen) atoms. The maximum absolute atomic E-state index is 6.17. The Kier molecular flexibility index (Phi) is 4.71. The number of aromatic nitrogens is 3. The van der Waals surface area contributed by atoms with Crippen molar-refractivity contribution in [1.29, 1.82) is 0 Å². The van der Waals surface area contributed by atoms with Gasteiger partial charge < -0.3 is 10.1 Å². The van der Waals surface area contributed by atoms with E-state index >= 15 is 0 Å². The molecule has 0 amide bonds. The van der Waals surface area contributed by atoms with Crippen LogP contribution in [-0.4, -0.2) is 51.7 Å². The molecule has 4 heterocycles. The molecule has 2 aliphatic heterocycles. The number of hydrogen-bond donors (Lipinski definition) is 1. The summed E-state index contributed by atoms with van der Waals surface area (Å²) < 4.78 is 6.17. The van der Waals surface area contributed by atoms with Crippen molar-refractivity contribution in [2.24, 2.45) is 5.92 Å². The zero-order valence-corrected chi connectivity index (χ0v) is 15.7. The molecule has 1 N–H and O–H groups in total. The first-order valence-electron chi connectivity index (χ1n) is 8.92. The molecular formula is C18H25N5OS. The van der Waals surface area contributed by atoms with Crippen LogP contribution in [0.1, 0.15) is 29.0 Å². The molecule has 0 bridgehead atoms. The molecule has 1 atom stereocenters. The third-order valence-corrected chi connectivity index (χ3v) is 6.27. The van der Waals surface area contributed by atoms with Crippen LogP contribution in [0.5, 0.6) is 0 Å². The molecule has 1 spiro atoms. The number of rotatable bonds is 6. The maximum Gasteiger partial charge on any atom is 0.222 e. The number of thiazole rings is 1. The fraction of sp³-hybridized carbons (Fsp3) is 0.611. The number of nitrogens with one attached hydrogen (secondary N) is 1. The lowest BCUT2D eigenvalue weighted by molar-refractivity contribution is -0.136. The number of hydrogen-bond acceptors (Lipinski definition) is 7. The van der Waals surface area contributed by atoms with Crippen molar-refractivity contribution in [2.45, 2.75) is 38.8 Å². The molecule has 0 saturated carbocycles. The second kappa shape index (κ2) is 6.97. The predicted octanol–water partition coefficient (Wildman–Crippen LogP) is 2.64. The summed E-state index contributed by atoms with van der Waals surface area (Å²) in [5, 5.41) is 3.34. The van der Waals surface area contributed by atoms with Gasteiger partial charge in [0.15, 0.2) is 0 Å². The van der Waals surface area contributed by atoms with Gasteiger partial charge in [-0.15, -0.1) is 11.3 Å². The predicted molar refractivity (Wildman–Crippen MR) is 98.8 cm³/mol. The summed E-state index contributed by atoms with van der Waals surface area (Å²) in [4.78, 5) is 16.8. The molecule has 4 rings (SSSR count). The van der Waals surface area contributed by atoms with Gasteiger partial charge >= 0.3 is 0 Å². The molecular weight excluding hydrogens is 334 g/mol. The van der Waals surface area contributed by atoms with Crippen molar-refractivity contribution in [1.82, 2.24) is 19.9 Å². The first-order valence-corrected chi connectivity index (χ1v) is 9.80. The van der Waals surface area contributed by atoms with E-state index in [1.165, 1.54) is 4.88 Å². The molecule has 0 unspecified atom stereocenters. The Morgan fingerprint density at radius 3 is 2.80 bits per heavy atom. The number of nitrogens with zero attached hydrogens (tertiary/aromatic N) is 4. The molecule has 2 saturated heterocycles. The third-order valence-electron chi connectivity index (χ3n) is 5.35. The summed E-state index contributed by atoms with van der Waals surface area (Å²) in [6, 6.07) is 0. The first kappa shape index (κ1) is 16.9. The van der Waals surface area contributed by atoms with Crippen LogP contribution < -0.4 is 5.32 Å². The Morgan fingerprint density at radius 1 is 1.28 bits per heavy atom. The zero-order valence-electron chi connectivity index (χ0n) is 14.9. The number of aryl methyl sites for hydroxylation is 2. The number of ether oxygens (including phenoxy) is 1. The fourth-order valence-electron chi connectivity index (χ4n) is 3.89. The molecule has 0 aliphatic carbocycles. The van der Waals surface area contributed by atoms with E-state index < -0.39 is 0 Å². The molecule has 0 radical (unpaired) electrons. The molecule has 7 heteroatoms. The van der Waals surface area contributed by atoms with Crippen LogP contribution >= 0.6 is 11.3 Å². The quantitative estimate of drug-likeness (QED) is 0.855. The molecule has 2 aromatic rings. The minimum Gasteiger partial charge on any atom is -0.372 e. The van der Waals surface area contributed by atoms with Gasteiger partial charge in [-0.3, -0.25) is 4.90 Å². The Balaban J connectivity index is 1.27. The average Bonchev–Trinajstić information content (AvgIpc) is 3.16. The number of likely N-dealkylation sites (tertiary alicyclic amines) is 1. The molecule has 6 nitrogen and oxygen atoms in total. The lowest BCUT2D eigenvalue weighted by atomic mass is 9.79. The van der Waals surface area contributed by atoms with Gasteiger partial charge in [0.25, 0.3) is 0 Å². The highest BCUT2D eigenvalue weighted by Gasteiger charge is 2.52. The summed E-state index contributed by atoms with van der Waals surface area (Å²) in [6.45, 7) is 8.95. The summed E-state index contributed by atoms with van der Waals surface area (Å²) in [6.07, 6.45) is 5.95. The highest BCUT2D eigenvalue weighted by Crippen LogP contribution is 2.42. The Morgan fingerprint density at radius 2 is 2.08 bits per heavy atom. The average molecular weight is 359 g/mol. The van der Waals surface area contributed by atoms with Gasteiger partial charge in [0.2, 0.25) is 5.95 Å². The van der Waals surface area contributed by atoms with Gasteiger partial charge in [-0.25, -0.2) is 15.0 Å². The highest BCUT2D eigenvalue weighted by atomic mass is 32.1. The second-order valence-electron chi connectivity index (χ2n) is 7.20. The largest absolute Gasteiger partial charge is 0.372 e. The van der Waals surface area contributed by atoms with E-state index in [1.54, 1.807) is 11.3 Å². The van der Waals surface area contributed by atoms with Crippen molar-refractivity contribution < 1.29 is 4.74 Å². The fourth-order valence-corrected chi connectivity index (χ4v) is 4.71. The summed E-state index contributed by atoms with van der Waals surface area (Å²) >= 11 is 1.75. The van der Waals surface area contributed by atoms with Crippen LogP contribution in [0, 0.1) is 19.8 Å². The molecule has 134 valence electrons. The zero-order chi connectivity index (χ0) is 17.3. The van der Waals surface area contributed by atoms with E-state index in [9.17, 15) is 0 Å². The van der Waals surface area contributed by atoms with E-state index in [1.807, 2.05) is 24.8 Å². The highest BCUT2D eigenvalue weighted by molar-refractivity contribution is 7.09. The Labute approximate surface area is 152 Å². The van der Waals surface area contributed by atoms with Crippen LogP contribution in [0.3, 0.4) is 0 Å². The minimum absolute atomic E-state index is 0.0639. The molecule has 2 fully saturated rings. The van der Waals surface area contributed by atoms with Gasteiger partial charge in [0.05, 0.1) is 16.8 Å². The summed E-state index contributed by atoms with van der Waals surface area (Å²) in [7, 11) is 0. The Hall–Kier alpha value is -1.57.